The van der Waals surface area contributed by atoms with E-state index in [2.05, 4.69) is 48.2 Å². The fourth-order valence-electron chi connectivity index (χ4n) is 2.42. The highest BCUT2D eigenvalue weighted by molar-refractivity contribution is 7.13. The van der Waals surface area contributed by atoms with Gasteiger partial charge in [-0.15, -0.1) is 11.3 Å². The zero-order valence-corrected chi connectivity index (χ0v) is 14.4. The number of nitrogens with zero attached hydrogens (tertiary/aromatic N) is 2. The molecule has 0 N–H and O–H groups in total. The molecular formula is C19H19N2OS. The van der Waals surface area contributed by atoms with E-state index in [9.17, 15) is 0 Å². The SMILES string of the molecule is CCC(C)c1cc(-c2ccc(OC)cc2)c(-c2cncs2)[c]n1. The van der Waals surface area contributed by atoms with Crippen molar-refractivity contribution in [1.82, 2.24) is 9.97 Å². The second kappa shape index (κ2) is 6.92. The fourth-order valence-corrected chi connectivity index (χ4v) is 3.05. The molecule has 0 saturated carbocycles. The van der Waals surface area contributed by atoms with Crippen molar-refractivity contribution in [1.29, 1.82) is 0 Å². The fraction of sp³-hybridized carbons (Fsp3) is 0.263. The minimum atomic E-state index is 0.416. The molecule has 0 amide bonds. The van der Waals surface area contributed by atoms with E-state index in [1.165, 1.54) is 0 Å². The first-order chi connectivity index (χ1) is 11.2. The number of hydrogen-bond acceptors (Lipinski definition) is 4. The standard InChI is InChI=1S/C19H19N2OS/c1-4-13(2)18-9-16(14-5-7-15(22-3)8-6-14)17(10-21-18)19-11-20-12-23-19/h5-9,11-13H,4H2,1-3H3. The summed E-state index contributed by atoms with van der Waals surface area (Å²) in [5, 5.41) is 0. The van der Waals surface area contributed by atoms with Crippen molar-refractivity contribution in [3.8, 4) is 27.3 Å². The van der Waals surface area contributed by atoms with Crippen LogP contribution in [0.1, 0.15) is 31.9 Å². The average molecular weight is 323 g/mol. The molecule has 1 aromatic carbocycles. The van der Waals surface area contributed by atoms with Gasteiger partial charge in [0.1, 0.15) is 5.75 Å². The topological polar surface area (TPSA) is 35.0 Å². The van der Waals surface area contributed by atoms with Crippen LogP contribution >= 0.6 is 11.3 Å². The van der Waals surface area contributed by atoms with Gasteiger partial charge >= 0.3 is 0 Å². The Labute approximate surface area is 141 Å². The number of rotatable bonds is 5. The van der Waals surface area contributed by atoms with E-state index < -0.39 is 0 Å². The second-order valence-corrected chi connectivity index (χ2v) is 6.37. The maximum absolute atomic E-state index is 5.26. The summed E-state index contributed by atoms with van der Waals surface area (Å²) >= 11 is 1.61. The Bertz CT molecular complexity index is 767. The van der Waals surface area contributed by atoms with Crippen LogP contribution < -0.4 is 4.74 Å². The van der Waals surface area contributed by atoms with Crippen LogP contribution in [0.25, 0.3) is 21.6 Å². The first-order valence-corrected chi connectivity index (χ1v) is 8.56. The second-order valence-electron chi connectivity index (χ2n) is 5.48. The van der Waals surface area contributed by atoms with Crippen molar-refractivity contribution in [3.63, 3.8) is 0 Å². The van der Waals surface area contributed by atoms with Crippen LogP contribution in [-0.2, 0) is 0 Å². The Morgan fingerprint density at radius 1 is 1.26 bits per heavy atom. The summed E-state index contributed by atoms with van der Waals surface area (Å²) in [5.74, 6) is 1.27. The van der Waals surface area contributed by atoms with Gasteiger partial charge in [0, 0.05) is 17.5 Å². The number of hydrogen-bond donors (Lipinski definition) is 0. The van der Waals surface area contributed by atoms with Crippen molar-refractivity contribution in [2.75, 3.05) is 7.11 Å². The minimum absolute atomic E-state index is 0.416. The van der Waals surface area contributed by atoms with Crippen molar-refractivity contribution < 1.29 is 4.74 Å². The smallest absolute Gasteiger partial charge is 0.118 e. The predicted octanol–water partition coefficient (Wildman–Crippen LogP) is 5.19. The van der Waals surface area contributed by atoms with Crippen LogP contribution in [-0.4, -0.2) is 17.1 Å². The molecule has 0 bridgehead atoms. The first kappa shape index (κ1) is 15.7. The van der Waals surface area contributed by atoms with Crippen molar-refractivity contribution in [2.45, 2.75) is 26.2 Å². The predicted molar refractivity (Wildman–Crippen MR) is 94.9 cm³/mol. The quantitative estimate of drug-likeness (QED) is 0.648. The van der Waals surface area contributed by atoms with Gasteiger partial charge < -0.3 is 4.74 Å². The molecule has 0 aliphatic carbocycles. The van der Waals surface area contributed by atoms with Gasteiger partial charge in [-0.05, 0) is 41.7 Å². The molecule has 0 aliphatic rings. The Morgan fingerprint density at radius 3 is 2.65 bits per heavy atom. The summed E-state index contributed by atoms with van der Waals surface area (Å²) in [6.45, 7) is 4.37. The molecule has 0 saturated heterocycles. The zero-order chi connectivity index (χ0) is 16.2. The van der Waals surface area contributed by atoms with E-state index in [4.69, 9.17) is 4.74 Å². The number of thiazole rings is 1. The summed E-state index contributed by atoms with van der Waals surface area (Å²) in [6, 6.07) is 10.3. The summed E-state index contributed by atoms with van der Waals surface area (Å²) in [4.78, 5) is 9.82. The summed E-state index contributed by atoms with van der Waals surface area (Å²) < 4.78 is 5.26. The summed E-state index contributed by atoms with van der Waals surface area (Å²) in [7, 11) is 1.68. The molecule has 1 radical (unpaired) electrons. The van der Waals surface area contributed by atoms with E-state index >= 15 is 0 Å². The molecule has 1 unspecified atom stereocenters. The average Bonchev–Trinajstić information content (AvgIpc) is 3.15. The van der Waals surface area contributed by atoms with Gasteiger partial charge in [0.05, 0.1) is 23.7 Å². The highest BCUT2D eigenvalue weighted by Crippen LogP contribution is 2.35. The van der Waals surface area contributed by atoms with Crippen LogP contribution in [0, 0.1) is 6.20 Å². The molecule has 2 aromatic heterocycles. The minimum Gasteiger partial charge on any atom is -0.497 e. The molecule has 3 aromatic rings. The first-order valence-electron chi connectivity index (χ1n) is 7.68. The molecule has 3 nitrogen and oxygen atoms in total. The molecule has 1 atom stereocenters. The van der Waals surface area contributed by atoms with E-state index in [0.29, 0.717) is 5.92 Å². The van der Waals surface area contributed by atoms with Gasteiger partial charge in [-0.3, -0.25) is 9.97 Å². The normalized spacial score (nSPS) is 12.1. The summed E-state index contributed by atoms with van der Waals surface area (Å²) in [6.07, 6.45) is 6.17. The lowest BCUT2D eigenvalue weighted by Gasteiger charge is -2.13. The number of methoxy groups -OCH3 is 1. The number of pyridine rings is 1. The molecule has 2 heterocycles. The molecule has 0 aliphatic heterocycles. The molecule has 117 valence electrons. The lowest BCUT2D eigenvalue weighted by atomic mass is 9.96. The van der Waals surface area contributed by atoms with E-state index in [1.807, 2.05) is 23.8 Å². The Kier molecular flexibility index (Phi) is 4.72. The van der Waals surface area contributed by atoms with Gasteiger partial charge in [0.2, 0.25) is 0 Å². The Morgan fingerprint density at radius 2 is 2.04 bits per heavy atom. The summed E-state index contributed by atoms with van der Waals surface area (Å²) in [5.41, 5.74) is 6.19. The third-order valence-corrected chi connectivity index (χ3v) is 4.85. The number of ether oxygens (including phenoxy) is 1. The third-order valence-electron chi connectivity index (χ3n) is 4.06. The van der Waals surface area contributed by atoms with Gasteiger partial charge in [0.25, 0.3) is 0 Å². The van der Waals surface area contributed by atoms with Crippen molar-refractivity contribution >= 4 is 11.3 Å². The molecule has 23 heavy (non-hydrogen) atoms. The van der Waals surface area contributed by atoms with E-state index in [1.54, 1.807) is 18.4 Å². The van der Waals surface area contributed by atoms with E-state index in [-0.39, 0.29) is 0 Å². The Hall–Kier alpha value is -2.20. The van der Waals surface area contributed by atoms with Gasteiger partial charge in [-0.1, -0.05) is 26.0 Å². The number of aromatic nitrogens is 2. The Balaban J connectivity index is 2.13. The van der Waals surface area contributed by atoms with Crippen LogP contribution in [0.2, 0.25) is 0 Å². The molecule has 0 fully saturated rings. The molecule has 0 spiro atoms. The number of benzene rings is 1. The maximum Gasteiger partial charge on any atom is 0.118 e. The molecular weight excluding hydrogens is 304 g/mol. The maximum atomic E-state index is 5.26. The third kappa shape index (κ3) is 3.27. The van der Waals surface area contributed by atoms with Gasteiger partial charge in [0.15, 0.2) is 0 Å². The van der Waals surface area contributed by atoms with Crippen LogP contribution in [0.5, 0.6) is 5.75 Å². The monoisotopic (exact) mass is 323 g/mol. The zero-order valence-electron chi connectivity index (χ0n) is 13.5. The van der Waals surface area contributed by atoms with E-state index in [0.717, 1.165) is 39.4 Å². The van der Waals surface area contributed by atoms with Crippen LogP contribution in [0.15, 0.2) is 42.0 Å². The lowest BCUT2D eigenvalue weighted by molar-refractivity contribution is 0.415. The largest absolute Gasteiger partial charge is 0.497 e. The van der Waals surface area contributed by atoms with Gasteiger partial charge in [-0.2, -0.15) is 0 Å². The highest BCUT2D eigenvalue weighted by atomic mass is 32.1. The van der Waals surface area contributed by atoms with Crippen molar-refractivity contribution in [3.05, 3.63) is 53.9 Å². The highest BCUT2D eigenvalue weighted by Gasteiger charge is 2.14. The lowest BCUT2D eigenvalue weighted by Crippen LogP contribution is -1.98. The van der Waals surface area contributed by atoms with Crippen molar-refractivity contribution in [2.24, 2.45) is 0 Å². The van der Waals surface area contributed by atoms with Crippen LogP contribution in [0.3, 0.4) is 0 Å². The molecule has 3 rings (SSSR count). The van der Waals surface area contributed by atoms with Crippen LogP contribution in [0.4, 0.5) is 0 Å². The van der Waals surface area contributed by atoms with Gasteiger partial charge in [-0.25, -0.2) is 0 Å². The molecule has 4 heteroatoms.